The van der Waals surface area contributed by atoms with Crippen LogP contribution in [0.25, 0.3) is 0 Å². The average molecular weight is 321 g/mol. The Bertz CT molecular complexity index is 638. The second-order valence-corrected chi connectivity index (χ2v) is 6.49. The lowest BCUT2D eigenvalue weighted by molar-refractivity contribution is 0.0730. The van der Waals surface area contributed by atoms with Crippen molar-refractivity contribution in [2.45, 2.75) is 38.8 Å². The highest BCUT2D eigenvalue weighted by Gasteiger charge is 2.33. The first-order chi connectivity index (χ1) is 10.2. The van der Waals surface area contributed by atoms with Crippen molar-refractivity contribution in [1.29, 1.82) is 0 Å². The maximum atomic E-state index is 12.8. The van der Waals surface area contributed by atoms with Crippen LogP contribution in [0.15, 0.2) is 29.0 Å². The van der Waals surface area contributed by atoms with Gasteiger partial charge in [0.1, 0.15) is 5.15 Å². The Balaban J connectivity index is 1.85. The summed E-state index contributed by atoms with van der Waals surface area (Å²) in [6, 6.07) is 5.97. The fraction of sp³-hybridized carbons (Fsp3) is 0.375. The maximum Gasteiger partial charge on any atom is 0.254 e. The van der Waals surface area contributed by atoms with Crippen LogP contribution in [0, 0.1) is 0 Å². The zero-order valence-electron chi connectivity index (χ0n) is 11.9. The molecule has 1 aliphatic rings. The van der Waals surface area contributed by atoms with E-state index >= 15 is 0 Å². The van der Waals surface area contributed by atoms with Crippen molar-refractivity contribution in [3.05, 3.63) is 50.9 Å². The SMILES string of the molecule is CCc1cc(C(=O)N(Cc2ccsc2)C2CC2)cc(Cl)n1. The molecule has 1 fully saturated rings. The predicted octanol–water partition coefficient (Wildman–Crippen LogP) is 4.16. The lowest BCUT2D eigenvalue weighted by atomic mass is 10.1. The van der Waals surface area contributed by atoms with E-state index in [-0.39, 0.29) is 5.91 Å². The van der Waals surface area contributed by atoms with Crippen molar-refractivity contribution in [3.8, 4) is 0 Å². The molecule has 21 heavy (non-hydrogen) atoms. The smallest absolute Gasteiger partial charge is 0.254 e. The van der Waals surface area contributed by atoms with E-state index in [4.69, 9.17) is 11.6 Å². The number of rotatable bonds is 5. The van der Waals surface area contributed by atoms with Crippen molar-refractivity contribution < 1.29 is 4.79 Å². The van der Waals surface area contributed by atoms with Crippen molar-refractivity contribution in [2.24, 2.45) is 0 Å². The highest BCUT2D eigenvalue weighted by molar-refractivity contribution is 7.07. The summed E-state index contributed by atoms with van der Waals surface area (Å²) in [5.41, 5.74) is 2.70. The van der Waals surface area contributed by atoms with Crippen LogP contribution < -0.4 is 0 Å². The largest absolute Gasteiger partial charge is 0.331 e. The Kier molecular flexibility index (Phi) is 4.27. The molecule has 1 aliphatic carbocycles. The molecule has 0 N–H and O–H groups in total. The van der Waals surface area contributed by atoms with E-state index in [1.54, 1.807) is 17.4 Å². The monoisotopic (exact) mass is 320 g/mol. The summed E-state index contributed by atoms with van der Waals surface area (Å²) < 4.78 is 0. The first-order valence-electron chi connectivity index (χ1n) is 7.16. The van der Waals surface area contributed by atoms with Crippen molar-refractivity contribution in [1.82, 2.24) is 9.88 Å². The van der Waals surface area contributed by atoms with Gasteiger partial charge in [0.25, 0.3) is 5.91 Å². The zero-order chi connectivity index (χ0) is 14.8. The third kappa shape index (κ3) is 3.44. The standard InChI is InChI=1S/C16H17ClN2OS/c1-2-13-7-12(8-15(17)18-13)16(20)19(14-3-4-14)9-11-5-6-21-10-11/h5-8,10,14H,2-4,9H2,1H3. The Morgan fingerprint density at radius 2 is 2.29 bits per heavy atom. The summed E-state index contributed by atoms with van der Waals surface area (Å²) in [5, 5.41) is 4.53. The summed E-state index contributed by atoms with van der Waals surface area (Å²) in [6.45, 7) is 2.69. The van der Waals surface area contributed by atoms with E-state index < -0.39 is 0 Å². The number of nitrogens with zero attached hydrogens (tertiary/aromatic N) is 2. The highest BCUT2D eigenvalue weighted by atomic mass is 35.5. The molecule has 0 saturated heterocycles. The molecule has 0 aromatic carbocycles. The molecular formula is C16H17ClN2OS. The Labute approximate surface area is 133 Å². The van der Waals surface area contributed by atoms with E-state index in [9.17, 15) is 4.79 Å². The molecule has 1 amide bonds. The number of carbonyl (C=O) groups is 1. The second-order valence-electron chi connectivity index (χ2n) is 5.32. The summed E-state index contributed by atoms with van der Waals surface area (Å²) in [4.78, 5) is 19.0. The van der Waals surface area contributed by atoms with Gasteiger partial charge < -0.3 is 4.90 Å². The fourth-order valence-electron chi connectivity index (χ4n) is 2.35. The Hall–Kier alpha value is -1.39. The fourth-order valence-corrected chi connectivity index (χ4v) is 3.24. The van der Waals surface area contributed by atoms with Crippen LogP contribution >= 0.6 is 22.9 Å². The molecule has 0 aliphatic heterocycles. The third-order valence-electron chi connectivity index (χ3n) is 3.64. The van der Waals surface area contributed by atoms with Gasteiger partial charge in [0.2, 0.25) is 0 Å². The zero-order valence-corrected chi connectivity index (χ0v) is 13.5. The first kappa shape index (κ1) is 14.5. The summed E-state index contributed by atoms with van der Waals surface area (Å²) >= 11 is 7.70. The number of halogens is 1. The van der Waals surface area contributed by atoms with Crippen LogP contribution in [-0.4, -0.2) is 21.8 Å². The number of pyridine rings is 1. The minimum absolute atomic E-state index is 0.0581. The van der Waals surface area contributed by atoms with Crippen LogP contribution in [0.3, 0.4) is 0 Å². The van der Waals surface area contributed by atoms with Gasteiger partial charge in [0, 0.05) is 23.8 Å². The van der Waals surface area contributed by atoms with Gasteiger partial charge >= 0.3 is 0 Å². The molecule has 1 saturated carbocycles. The lowest BCUT2D eigenvalue weighted by Crippen LogP contribution is -2.32. The number of thiophene rings is 1. The Morgan fingerprint density at radius 1 is 1.48 bits per heavy atom. The molecule has 0 spiro atoms. The summed E-state index contributed by atoms with van der Waals surface area (Å²) in [5.74, 6) is 0.0581. The minimum atomic E-state index is 0.0581. The second kappa shape index (κ2) is 6.16. The van der Waals surface area contributed by atoms with Crippen LogP contribution in [0.5, 0.6) is 0 Å². The van der Waals surface area contributed by atoms with Gasteiger partial charge in [-0.15, -0.1) is 0 Å². The number of hydrogen-bond acceptors (Lipinski definition) is 3. The number of aryl methyl sites for hydroxylation is 1. The number of aromatic nitrogens is 1. The third-order valence-corrected chi connectivity index (χ3v) is 4.56. The average Bonchev–Trinajstić information content (AvgIpc) is 3.20. The van der Waals surface area contributed by atoms with Crippen LogP contribution in [0.2, 0.25) is 5.15 Å². The van der Waals surface area contributed by atoms with E-state index in [1.165, 1.54) is 5.56 Å². The molecule has 3 rings (SSSR count). The minimum Gasteiger partial charge on any atom is -0.331 e. The molecule has 110 valence electrons. The molecule has 5 heteroatoms. The van der Waals surface area contributed by atoms with E-state index in [1.807, 2.05) is 23.3 Å². The van der Waals surface area contributed by atoms with Crippen molar-refractivity contribution in [3.63, 3.8) is 0 Å². The normalized spacial score (nSPS) is 14.2. The van der Waals surface area contributed by atoms with E-state index in [2.05, 4.69) is 16.4 Å². The lowest BCUT2D eigenvalue weighted by Gasteiger charge is -2.22. The van der Waals surface area contributed by atoms with Crippen LogP contribution in [0.1, 0.15) is 41.4 Å². The van der Waals surface area contributed by atoms with Crippen LogP contribution in [0.4, 0.5) is 0 Å². The Morgan fingerprint density at radius 3 is 2.90 bits per heavy atom. The highest BCUT2D eigenvalue weighted by Crippen LogP contribution is 2.30. The van der Waals surface area contributed by atoms with Crippen LogP contribution in [-0.2, 0) is 13.0 Å². The number of carbonyl (C=O) groups excluding carboxylic acids is 1. The maximum absolute atomic E-state index is 12.8. The molecule has 0 radical (unpaired) electrons. The molecule has 2 aromatic heterocycles. The quantitative estimate of drug-likeness (QED) is 0.775. The molecule has 2 aromatic rings. The molecule has 0 atom stereocenters. The molecule has 3 nitrogen and oxygen atoms in total. The van der Waals surface area contributed by atoms with Gasteiger partial charge in [0.15, 0.2) is 0 Å². The van der Waals surface area contributed by atoms with Gasteiger partial charge in [-0.3, -0.25) is 4.79 Å². The summed E-state index contributed by atoms with van der Waals surface area (Å²) in [7, 11) is 0. The predicted molar refractivity (Wildman–Crippen MR) is 85.8 cm³/mol. The van der Waals surface area contributed by atoms with Gasteiger partial charge in [-0.05, 0) is 53.8 Å². The van der Waals surface area contributed by atoms with E-state index in [0.717, 1.165) is 25.0 Å². The van der Waals surface area contributed by atoms with Gasteiger partial charge in [-0.1, -0.05) is 18.5 Å². The first-order valence-corrected chi connectivity index (χ1v) is 8.48. The van der Waals surface area contributed by atoms with E-state index in [0.29, 0.717) is 23.3 Å². The van der Waals surface area contributed by atoms with Gasteiger partial charge in [-0.2, -0.15) is 11.3 Å². The summed E-state index contributed by atoms with van der Waals surface area (Å²) in [6.07, 6.45) is 2.96. The number of hydrogen-bond donors (Lipinski definition) is 0. The number of amides is 1. The van der Waals surface area contributed by atoms with Gasteiger partial charge in [0.05, 0.1) is 0 Å². The molecule has 0 bridgehead atoms. The van der Waals surface area contributed by atoms with Gasteiger partial charge in [-0.25, -0.2) is 4.98 Å². The van der Waals surface area contributed by atoms with Crippen molar-refractivity contribution >= 4 is 28.8 Å². The molecule has 0 unspecified atom stereocenters. The topological polar surface area (TPSA) is 33.2 Å². The molecule has 2 heterocycles. The van der Waals surface area contributed by atoms with Crippen molar-refractivity contribution in [2.75, 3.05) is 0 Å². The molecular weight excluding hydrogens is 304 g/mol.